The van der Waals surface area contributed by atoms with E-state index in [0.29, 0.717) is 12.6 Å². The molecule has 1 aromatic rings. The lowest BCUT2D eigenvalue weighted by atomic mass is 9.98. The van der Waals surface area contributed by atoms with Gasteiger partial charge in [0, 0.05) is 19.6 Å². The number of alkyl halides is 3. The van der Waals surface area contributed by atoms with Crippen molar-refractivity contribution in [1.82, 2.24) is 14.9 Å². The second kappa shape index (κ2) is 11.0. The van der Waals surface area contributed by atoms with Crippen molar-refractivity contribution in [3.8, 4) is 0 Å². The van der Waals surface area contributed by atoms with Crippen molar-refractivity contribution in [3.05, 3.63) is 29.8 Å². The van der Waals surface area contributed by atoms with Gasteiger partial charge in [0.25, 0.3) is 5.91 Å². The normalized spacial score (nSPS) is 15.8. The first kappa shape index (κ1) is 26.6. The van der Waals surface area contributed by atoms with Crippen LogP contribution in [0.4, 0.5) is 18.0 Å². The van der Waals surface area contributed by atoms with Crippen LogP contribution in [0.25, 0.3) is 0 Å². The Labute approximate surface area is 189 Å². The number of ether oxygens (including phenoxy) is 1. The average molecular weight is 494 g/mol. The lowest BCUT2D eigenvalue weighted by Crippen LogP contribution is -2.43. The molecular formula is C20H26F3N3O6S. The third-order valence-electron chi connectivity index (χ3n) is 4.87. The SMILES string of the molecule is CC(C)CNC(=O)NC(=O)COC(=O)C1CCN(S(=O)(=O)c2ccccc2C(F)(F)F)CC1. The number of piperidine rings is 1. The lowest BCUT2D eigenvalue weighted by Gasteiger charge is -2.30. The van der Waals surface area contributed by atoms with E-state index in [1.54, 1.807) is 0 Å². The van der Waals surface area contributed by atoms with E-state index in [0.717, 1.165) is 16.4 Å². The van der Waals surface area contributed by atoms with E-state index in [1.807, 2.05) is 19.2 Å². The second-order valence-corrected chi connectivity index (χ2v) is 9.84. The van der Waals surface area contributed by atoms with Gasteiger partial charge in [-0.3, -0.25) is 14.9 Å². The van der Waals surface area contributed by atoms with Gasteiger partial charge in [0.05, 0.1) is 16.4 Å². The van der Waals surface area contributed by atoms with Gasteiger partial charge in [0.2, 0.25) is 10.0 Å². The van der Waals surface area contributed by atoms with E-state index in [9.17, 15) is 36.0 Å². The first-order valence-corrected chi connectivity index (χ1v) is 11.7. The summed E-state index contributed by atoms with van der Waals surface area (Å²) < 4.78 is 71.0. The van der Waals surface area contributed by atoms with E-state index in [4.69, 9.17) is 4.74 Å². The van der Waals surface area contributed by atoms with Crippen LogP contribution in [0, 0.1) is 11.8 Å². The number of sulfonamides is 1. The molecule has 0 bridgehead atoms. The molecule has 0 radical (unpaired) electrons. The van der Waals surface area contributed by atoms with Gasteiger partial charge in [-0.15, -0.1) is 0 Å². The maximum absolute atomic E-state index is 13.2. The molecule has 184 valence electrons. The molecule has 0 aromatic heterocycles. The van der Waals surface area contributed by atoms with E-state index in [1.165, 1.54) is 6.07 Å². The van der Waals surface area contributed by atoms with E-state index in [-0.39, 0.29) is 31.8 Å². The fraction of sp³-hybridized carbons (Fsp3) is 0.550. The lowest BCUT2D eigenvalue weighted by molar-refractivity contribution is -0.153. The number of hydrogen-bond donors (Lipinski definition) is 2. The molecule has 0 aliphatic carbocycles. The summed E-state index contributed by atoms with van der Waals surface area (Å²) in [5.74, 6) is -2.12. The van der Waals surface area contributed by atoms with Crippen molar-refractivity contribution in [1.29, 1.82) is 0 Å². The van der Waals surface area contributed by atoms with Gasteiger partial charge in [0.1, 0.15) is 0 Å². The summed E-state index contributed by atoms with van der Waals surface area (Å²) in [6.45, 7) is 3.04. The first-order chi connectivity index (χ1) is 15.3. The minimum atomic E-state index is -4.84. The Bertz CT molecular complexity index is 974. The van der Waals surface area contributed by atoms with Gasteiger partial charge in [0.15, 0.2) is 6.61 Å². The molecule has 1 fully saturated rings. The van der Waals surface area contributed by atoms with Gasteiger partial charge >= 0.3 is 18.2 Å². The summed E-state index contributed by atoms with van der Waals surface area (Å²) in [5.41, 5.74) is -1.25. The highest BCUT2D eigenvalue weighted by Gasteiger charge is 2.40. The number of rotatable bonds is 7. The number of amides is 3. The Morgan fingerprint density at radius 1 is 1.15 bits per heavy atom. The van der Waals surface area contributed by atoms with Gasteiger partial charge in [-0.1, -0.05) is 26.0 Å². The van der Waals surface area contributed by atoms with E-state index >= 15 is 0 Å². The maximum atomic E-state index is 13.2. The van der Waals surface area contributed by atoms with Crippen molar-refractivity contribution in [2.75, 3.05) is 26.2 Å². The summed E-state index contributed by atoms with van der Waals surface area (Å²) in [6.07, 6.45) is -4.80. The highest BCUT2D eigenvalue weighted by atomic mass is 32.2. The van der Waals surface area contributed by atoms with Crippen molar-refractivity contribution in [2.24, 2.45) is 11.8 Å². The molecule has 1 saturated heterocycles. The molecule has 13 heteroatoms. The largest absolute Gasteiger partial charge is 0.455 e. The Morgan fingerprint density at radius 3 is 2.33 bits per heavy atom. The number of nitrogens with one attached hydrogen (secondary N) is 2. The summed E-state index contributed by atoms with van der Waals surface area (Å²) in [5, 5.41) is 4.48. The fourth-order valence-corrected chi connectivity index (χ4v) is 4.84. The monoisotopic (exact) mass is 493 g/mol. The predicted molar refractivity (Wildman–Crippen MR) is 110 cm³/mol. The number of benzene rings is 1. The smallest absolute Gasteiger partial charge is 0.417 e. The molecule has 1 heterocycles. The Balaban J connectivity index is 1.89. The topological polar surface area (TPSA) is 122 Å². The number of imide groups is 1. The molecule has 0 spiro atoms. The maximum Gasteiger partial charge on any atom is 0.417 e. The molecule has 2 N–H and O–H groups in total. The predicted octanol–water partition coefficient (Wildman–Crippen LogP) is 2.13. The van der Waals surface area contributed by atoms with Crippen LogP contribution >= 0.6 is 0 Å². The summed E-state index contributed by atoms with van der Waals surface area (Å²) in [4.78, 5) is 34.6. The van der Waals surface area contributed by atoms with Crippen LogP contribution in [0.15, 0.2) is 29.2 Å². The minimum absolute atomic E-state index is 0.0166. The van der Waals surface area contributed by atoms with Crippen LogP contribution in [-0.4, -0.2) is 56.9 Å². The molecule has 3 amide bonds. The summed E-state index contributed by atoms with van der Waals surface area (Å²) in [7, 11) is -4.42. The molecule has 2 rings (SSSR count). The van der Waals surface area contributed by atoms with Gasteiger partial charge < -0.3 is 10.1 Å². The van der Waals surface area contributed by atoms with Gasteiger partial charge in [-0.2, -0.15) is 17.5 Å². The zero-order valence-corrected chi connectivity index (χ0v) is 19.0. The van der Waals surface area contributed by atoms with E-state index in [2.05, 4.69) is 5.32 Å². The third kappa shape index (κ3) is 7.42. The Kier molecular flexibility index (Phi) is 8.83. The molecule has 1 aromatic carbocycles. The first-order valence-electron chi connectivity index (χ1n) is 10.2. The van der Waals surface area contributed by atoms with Crippen LogP contribution < -0.4 is 10.6 Å². The van der Waals surface area contributed by atoms with Gasteiger partial charge in [-0.05, 0) is 30.9 Å². The summed E-state index contributed by atoms with van der Waals surface area (Å²) >= 11 is 0. The highest BCUT2D eigenvalue weighted by Crippen LogP contribution is 2.36. The Hall–Kier alpha value is -2.67. The summed E-state index contributed by atoms with van der Waals surface area (Å²) in [6, 6.07) is 3.19. The van der Waals surface area contributed by atoms with Crippen LogP contribution in [0.5, 0.6) is 0 Å². The number of carbonyl (C=O) groups excluding carboxylic acids is 3. The number of hydrogen-bond acceptors (Lipinski definition) is 6. The van der Waals surface area contributed by atoms with Crippen LogP contribution in [0.1, 0.15) is 32.3 Å². The fourth-order valence-electron chi connectivity index (χ4n) is 3.15. The molecule has 0 atom stereocenters. The van der Waals surface area contributed by atoms with E-state index < -0.39 is 57.1 Å². The zero-order valence-electron chi connectivity index (χ0n) is 18.1. The minimum Gasteiger partial charge on any atom is -0.455 e. The van der Waals surface area contributed by atoms with Crippen molar-refractivity contribution in [2.45, 2.75) is 37.8 Å². The number of carbonyl (C=O) groups is 3. The van der Waals surface area contributed by atoms with Crippen molar-refractivity contribution >= 4 is 27.9 Å². The van der Waals surface area contributed by atoms with Crippen molar-refractivity contribution < 1.29 is 40.7 Å². The second-order valence-electron chi connectivity index (χ2n) is 7.93. The number of urea groups is 1. The quantitative estimate of drug-likeness (QED) is 0.562. The molecule has 33 heavy (non-hydrogen) atoms. The number of nitrogens with zero attached hydrogens (tertiary/aromatic N) is 1. The highest BCUT2D eigenvalue weighted by molar-refractivity contribution is 7.89. The van der Waals surface area contributed by atoms with Gasteiger partial charge in [-0.25, -0.2) is 13.2 Å². The molecule has 0 saturated carbocycles. The molecular weight excluding hydrogens is 467 g/mol. The molecule has 1 aliphatic rings. The van der Waals surface area contributed by atoms with Crippen molar-refractivity contribution in [3.63, 3.8) is 0 Å². The van der Waals surface area contributed by atoms with Crippen LogP contribution in [-0.2, 0) is 30.5 Å². The average Bonchev–Trinajstić information content (AvgIpc) is 2.75. The molecule has 1 aliphatic heterocycles. The molecule has 9 nitrogen and oxygen atoms in total. The zero-order chi connectivity index (χ0) is 24.8. The number of esters is 1. The van der Waals surface area contributed by atoms with Crippen LogP contribution in [0.2, 0.25) is 0 Å². The van der Waals surface area contributed by atoms with Crippen LogP contribution in [0.3, 0.4) is 0 Å². The Morgan fingerprint density at radius 2 is 1.76 bits per heavy atom. The third-order valence-corrected chi connectivity index (χ3v) is 6.82. The number of halogens is 3. The standard InChI is InChI=1S/C20H26F3N3O6S/c1-13(2)11-24-19(29)25-17(27)12-32-18(28)14-7-9-26(10-8-14)33(30,31)16-6-4-3-5-15(16)20(21,22)23/h3-6,13-14H,7-12H2,1-2H3,(H2,24,25,27,29). The molecule has 0 unspecified atom stereocenters.